The number of pyridine rings is 1. The number of carbonyl (C=O) groups excluding carboxylic acids is 1. The fourth-order valence-corrected chi connectivity index (χ4v) is 3.28. The predicted molar refractivity (Wildman–Crippen MR) is 99.3 cm³/mol. The molecule has 1 aromatic carbocycles. The average molecular weight is 363 g/mol. The molecule has 1 fully saturated rings. The van der Waals surface area contributed by atoms with Crippen LogP contribution in [0.2, 0.25) is 0 Å². The summed E-state index contributed by atoms with van der Waals surface area (Å²) in [4.78, 5) is 19.2. The van der Waals surface area contributed by atoms with E-state index in [1.54, 1.807) is 29.6 Å². The predicted octanol–water partition coefficient (Wildman–Crippen LogP) is 2.48. The van der Waals surface area contributed by atoms with Crippen LogP contribution in [-0.4, -0.2) is 49.8 Å². The van der Waals surface area contributed by atoms with Crippen molar-refractivity contribution >= 4 is 5.91 Å². The van der Waals surface area contributed by atoms with Gasteiger partial charge >= 0.3 is 0 Å². The number of ether oxygens (including phenoxy) is 1. The van der Waals surface area contributed by atoms with Crippen LogP contribution in [0, 0.1) is 0 Å². The molecule has 1 aliphatic rings. The highest BCUT2D eigenvalue weighted by atomic mass is 16.5. The second kappa shape index (κ2) is 8.09. The van der Waals surface area contributed by atoms with Crippen molar-refractivity contribution in [2.45, 2.75) is 25.5 Å². The summed E-state index contributed by atoms with van der Waals surface area (Å²) in [6.07, 6.45) is 8.85. The molecule has 0 aliphatic carbocycles. The molecule has 27 heavy (non-hydrogen) atoms. The van der Waals surface area contributed by atoms with Gasteiger partial charge in [-0.3, -0.25) is 14.3 Å². The van der Waals surface area contributed by atoms with Crippen molar-refractivity contribution in [2.75, 3.05) is 13.2 Å². The first-order chi connectivity index (χ1) is 13.3. The molecule has 1 saturated heterocycles. The Hall–Kier alpha value is -3.06. The van der Waals surface area contributed by atoms with Crippen LogP contribution in [-0.2, 0) is 11.3 Å². The van der Waals surface area contributed by atoms with E-state index in [4.69, 9.17) is 4.74 Å². The zero-order valence-corrected chi connectivity index (χ0v) is 14.9. The first-order valence-corrected chi connectivity index (χ1v) is 9.04. The average Bonchev–Trinajstić information content (AvgIpc) is 3.42. The second-order valence-corrected chi connectivity index (χ2v) is 6.60. The Morgan fingerprint density at radius 2 is 2.00 bits per heavy atom. The van der Waals surface area contributed by atoms with Gasteiger partial charge in [-0.1, -0.05) is 6.07 Å². The number of nitrogens with zero attached hydrogens (tertiary/aromatic N) is 5. The lowest BCUT2D eigenvalue weighted by molar-refractivity contribution is 0.0507. The third-order valence-electron chi connectivity index (χ3n) is 4.67. The van der Waals surface area contributed by atoms with E-state index in [2.05, 4.69) is 15.2 Å². The van der Waals surface area contributed by atoms with Crippen LogP contribution in [0.15, 0.2) is 61.4 Å². The molecule has 0 bridgehead atoms. The zero-order chi connectivity index (χ0) is 18.5. The van der Waals surface area contributed by atoms with E-state index in [-0.39, 0.29) is 12.0 Å². The summed E-state index contributed by atoms with van der Waals surface area (Å²) >= 11 is 0. The summed E-state index contributed by atoms with van der Waals surface area (Å²) in [6.45, 7) is 1.88. The quantitative estimate of drug-likeness (QED) is 0.673. The highest BCUT2D eigenvalue weighted by Crippen LogP contribution is 2.18. The van der Waals surface area contributed by atoms with Crippen LogP contribution in [0.5, 0.6) is 0 Å². The Labute approximate surface area is 157 Å². The maximum Gasteiger partial charge on any atom is 0.254 e. The Morgan fingerprint density at radius 1 is 1.19 bits per heavy atom. The van der Waals surface area contributed by atoms with Crippen molar-refractivity contribution in [3.05, 3.63) is 72.6 Å². The van der Waals surface area contributed by atoms with Crippen LogP contribution < -0.4 is 0 Å². The van der Waals surface area contributed by atoms with Crippen LogP contribution in [0.1, 0.15) is 28.8 Å². The molecule has 0 N–H and O–H groups in total. The Kier molecular flexibility index (Phi) is 5.20. The van der Waals surface area contributed by atoms with Gasteiger partial charge in [0.25, 0.3) is 5.91 Å². The molecule has 7 heteroatoms. The van der Waals surface area contributed by atoms with Gasteiger partial charge in [0.05, 0.1) is 6.10 Å². The van der Waals surface area contributed by atoms with E-state index in [0.29, 0.717) is 18.7 Å². The van der Waals surface area contributed by atoms with E-state index in [0.717, 1.165) is 30.7 Å². The van der Waals surface area contributed by atoms with Gasteiger partial charge in [0.15, 0.2) is 0 Å². The first kappa shape index (κ1) is 17.4. The smallest absolute Gasteiger partial charge is 0.254 e. The first-order valence-electron chi connectivity index (χ1n) is 9.04. The molecular weight excluding hydrogens is 342 g/mol. The summed E-state index contributed by atoms with van der Waals surface area (Å²) in [5.74, 6) is -0.0164. The molecule has 0 radical (unpaired) electrons. The van der Waals surface area contributed by atoms with Gasteiger partial charge in [-0.2, -0.15) is 0 Å². The number of rotatable bonds is 6. The molecule has 138 valence electrons. The summed E-state index contributed by atoms with van der Waals surface area (Å²) in [5.41, 5.74) is 2.53. The molecule has 0 spiro atoms. The van der Waals surface area contributed by atoms with Gasteiger partial charge in [-0.15, -0.1) is 10.2 Å². The fraction of sp³-hybridized carbons (Fsp3) is 0.300. The lowest BCUT2D eigenvalue weighted by Gasteiger charge is -2.26. The van der Waals surface area contributed by atoms with E-state index in [1.165, 1.54) is 0 Å². The Morgan fingerprint density at radius 3 is 2.74 bits per heavy atom. The minimum absolute atomic E-state index is 0.0164. The van der Waals surface area contributed by atoms with Crippen molar-refractivity contribution < 1.29 is 9.53 Å². The SMILES string of the molecule is O=C(c1cccc(-n2cnnc2)c1)N(Cc1ccncc1)C[C@@H]1CCCO1. The standard InChI is InChI=1S/C20H21N5O2/c26-20(17-3-1-4-18(11-17)25-14-22-23-15-25)24(13-19-5-2-10-27-19)12-16-6-8-21-9-7-16/h1,3-4,6-9,11,14-15,19H,2,5,10,12-13H2/t19-/m0/s1. The van der Waals surface area contributed by atoms with Crippen molar-refractivity contribution in [3.63, 3.8) is 0 Å². The molecule has 3 heterocycles. The van der Waals surface area contributed by atoms with Crippen molar-refractivity contribution in [1.29, 1.82) is 0 Å². The highest BCUT2D eigenvalue weighted by Gasteiger charge is 2.24. The molecular formula is C20H21N5O2. The molecule has 3 aromatic rings. The van der Waals surface area contributed by atoms with Gasteiger partial charge in [0.2, 0.25) is 0 Å². The molecule has 1 amide bonds. The molecule has 1 aliphatic heterocycles. The van der Waals surface area contributed by atoms with Crippen LogP contribution in [0.25, 0.3) is 5.69 Å². The third kappa shape index (κ3) is 4.20. The topological polar surface area (TPSA) is 73.1 Å². The Bertz CT molecular complexity index is 876. The summed E-state index contributed by atoms with van der Waals surface area (Å²) in [5, 5.41) is 7.66. The molecule has 0 saturated carbocycles. The van der Waals surface area contributed by atoms with Crippen molar-refractivity contribution in [3.8, 4) is 5.69 Å². The molecule has 4 rings (SSSR count). The summed E-state index contributed by atoms with van der Waals surface area (Å²) in [7, 11) is 0. The lowest BCUT2D eigenvalue weighted by atomic mass is 10.1. The van der Waals surface area contributed by atoms with E-state index in [9.17, 15) is 4.79 Å². The highest BCUT2D eigenvalue weighted by molar-refractivity contribution is 5.94. The van der Waals surface area contributed by atoms with Gasteiger partial charge in [0.1, 0.15) is 12.7 Å². The maximum atomic E-state index is 13.3. The lowest BCUT2D eigenvalue weighted by Crippen LogP contribution is -2.37. The van der Waals surface area contributed by atoms with Crippen molar-refractivity contribution in [2.24, 2.45) is 0 Å². The van der Waals surface area contributed by atoms with Crippen LogP contribution >= 0.6 is 0 Å². The monoisotopic (exact) mass is 363 g/mol. The molecule has 7 nitrogen and oxygen atoms in total. The van der Waals surface area contributed by atoms with Crippen LogP contribution in [0.4, 0.5) is 0 Å². The minimum atomic E-state index is -0.0164. The number of aromatic nitrogens is 4. The number of amides is 1. The van der Waals surface area contributed by atoms with Gasteiger partial charge in [-0.25, -0.2) is 0 Å². The second-order valence-electron chi connectivity index (χ2n) is 6.60. The van der Waals surface area contributed by atoms with Crippen molar-refractivity contribution in [1.82, 2.24) is 24.6 Å². The normalized spacial score (nSPS) is 16.4. The van der Waals surface area contributed by atoms with Gasteiger partial charge in [-0.05, 0) is 48.7 Å². The maximum absolute atomic E-state index is 13.3. The Balaban J connectivity index is 1.58. The summed E-state index contributed by atoms with van der Waals surface area (Å²) in [6, 6.07) is 11.4. The molecule has 1 atom stereocenters. The van der Waals surface area contributed by atoms with Crippen LogP contribution in [0.3, 0.4) is 0 Å². The third-order valence-corrected chi connectivity index (χ3v) is 4.67. The number of hydrogen-bond donors (Lipinski definition) is 0. The number of benzene rings is 1. The summed E-state index contributed by atoms with van der Waals surface area (Å²) < 4.78 is 7.54. The number of carbonyl (C=O) groups is 1. The zero-order valence-electron chi connectivity index (χ0n) is 14.9. The van der Waals surface area contributed by atoms with E-state index in [1.807, 2.05) is 41.3 Å². The van der Waals surface area contributed by atoms with Gasteiger partial charge < -0.3 is 9.64 Å². The number of hydrogen-bond acceptors (Lipinski definition) is 5. The van der Waals surface area contributed by atoms with E-state index < -0.39 is 0 Å². The minimum Gasteiger partial charge on any atom is -0.376 e. The molecule has 2 aromatic heterocycles. The fourth-order valence-electron chi connectivity index (χ4n) is 3.28. The van der Waals surface area contributed by atoms with Gasteiger partial charge in [0, 0.05) is 43.3 Å². The molecule has 0 unspecified atom stereocenters. The van der Waals surface area contributed by atoms with E-state index >= 15 is 0 Å². The largest absolute Gasteiger partial charge is 0.376 e.